The van der Waals surface area contributed by atoms with Crippen LogP contribution in [0.2, 0.25) is 0 Å². The number of urea groups is 1. The second-order valence-corrected chi connectivity index (χ2v) is 10.7. The summed E-state index contributed by atoms with van der Waals surface area (Å²) in [5, 5.41) is 23.7. The van der Waals surface area contributed by atoms with Gasteiger partial charge in [-0.3, -0.25) is 4.47 Å². The lowest BCUT2D eigenvalue weighted by atomic mass is 9.99. The van der Waals surface area contributed by atoms with Crippen LogP contribution < -0.4 is 9.62 Å². The Labute approximate surface area is 199 Å². The molecule has 2 heterocycles. The van der Waals surface area contributed by atoms with Gasteiger partial charge >= 0.3 is 16.2 Å². The van der Waals surface area contributed by atoms with Crippen LogP contribution in [0.4, 0.5) is 16.3 Å². The Balaban J connectivity index is 1.46. The standard InChI is InChI=1S/C23H28N5O5S/c1-15-8-9-21(26-25-15)27(18-10-12-33-13-11-18)34(31,32)28(30)23(29)24-22-19-6-2-4-16(19)14-17-5-3-7-20(17)22/h8-9,14,18H,2-7,10-13H2,1H3,(H,24,29)/q-1. The number of nitrogens with one attached hydrogen (secondary N) is 1. The van der Waals surface area contributed by atoms with Crippen molar-refractivity contribution < 1.29 is 17.9 Å². The van der Waals surface area contributed by atoms with Gasteiger partial charge in [0, 0.05) is 18.9 Å². The number of aryl methyl sites for hydroxylation is 3. The van der Waals surface area contributed by atoms with Crippen LogP contribution in [0.15, 0.2) is 18.2 Å². The van der Waals surface area contributed by atoms with E-state index in [0.29, 0.717) is 37.4 Å². The molecule has 3 aliphatic rings. The summed E-state index contributed by atoms with van der Waals surface area (Å²) in [4.78, 5) is 13.1. The summed E-state index contributed by atoms with van der Waals surface area (Å²) in [6.45, 7) is 2.43. The Morgan fingerprint density at radius 3 is 2.29 bits per heavy atom. The molecule has 1 fully saturated rings. The minimum Gasteiger partial charge on any atom is -0.740 e. The van der Waals surface area contributed by atoms with Crippen molar-refractivity contribution in [3.8, 4) is 0 Å². The van der Waals surface area contributed by atoms with Crippen LogP contribution in [0.1, 0.15) is 53.6 Å². The minimum atomic E-state index is -4.77. The average Bonchev–Trinajstić information content (AvgIpc) is 3.50. The molecular formula is C23H28N5O5S-. The van der Waals surface area contributed by atoms with E-state index >= 15 is 0 Å². The Bertz CT molecular complexity index is 1160. The summed E-state index contributed by atoms with van der Waals surface area (Å²) in [6, 6.07) is 3.54. The predicted molar refractivity (Wildman–Crippen MR) is 127 cm³/mol. The van der Waals surface area contributed by atoms with Crippen molar-refractivity contribution in [3.63, 3.8) is 0 Å². The summed E-state index contributed by atoms with van der Waals surface area (Å²) in [5.74, 6) is 0.00708. The first-order valence-electron chi connectivity index (χ1n) is 11.7. The Morgan fingerprint density at radius 1 is 1.06 bits per heavy atom. The molecule has 0 saturated carbocycles. The van der Waals surface area contributed by atoms with Gasteiger partial charge in [0.05, 0.1) is 11.7 Å². The van der Waals surface area contributed by atoms with E-state index in [9.17, 15) is 18.4 Å². The number of ether oxygens (including phenoxy) is 1. The van der Waals surface area contributed by atoms with Gasteiger partial charge in [-0.25, -0.2) is 9.10 Å². The number of hydrogen-bond acceptors (Lipinski definition) is 7. The summed E-state index contributed by atoms with van der Waals surface area (Å²) >= 11 is 0. The lowest BCUT2D eigenvalue weighted by molar-refractivity contribution is 0.0872. The molecule has 182 valence electrons. The number of aromatic nitrogens is 2. The van der Waals surface area contributed by atoms with Gasteiger partial charge in [0.25, 0.3) is 0 Å². The summed E-state index contributed by atoms with van der Waals surface area (Å²) in [7, 11) is -4.77. The van der Waals surface area contributed by atoms with Crippen LogP contribution in [-0.4, -0.2) is 48.4 Å². The van der Waals surface area contributed by atoms with Gasteiger partial charge in [-0.2, -0.15) is 13.5 Å². The quantitative estimate of drug-likeness (QED) is 0.643. The zero-order valence-corrected chi connectivity index (χ0v) is 19.9. The molecule has 1 saturated heterocycles. The number of amides is 2. The van der Waals surface area contributed by atoms with E-state index in [4.69, 9.17) is 4.74 Å². The van der Waals surface area contributed by atoms with Gasteiger partial charge in [-0.05, 0) is 92.7 Å². The maximum Gasteiger partial charge on any atom is 0.326 e. The summed E-state index contributed by atoms with van der Waals surface area (Å²) in [6.07, 6.45) is 6.17. The lowest BCUT2D eigenvalue weighted by Crippen LogP contribution is -2.51. The summed E-state index contributed by atoms with van der Waals surface area (Å²) < 4.78 is 32.8. The number of rotatable bonds is 5. The molecule has 1 aromatic carbocycles. The molecule has 1 aromatic heterocycles. The molecule has 0 unspecified atom stereocenters. The zero-order chi connectivity index (χ0) is 23.9. The third-order valence-corrected chi connectivity index (χ3v) is 8.43. The average molecular weight is 487 g/mol. The van der Waals surface area contributed by atoms with Crippen LogP contribution in [0.3, 0.4) is 0 Å². The largest absolute Gasteiger partial charge is 0.740 e. The SMILES string of the molecule is Cc1ccc(N(C2CCOCC2)S(=O)(=O)N([O-])C(=O)Nc2c3c(cc4c2CCC4)CCC3)nn1. The van der Waals surface area contributed by atoms with Gasteiger partial charge in [0.1, 0.15) is 0 Å². The van der Waals surface area contributed by atoms with Crippen molar-refractivity contribution in [3.05, 3.63) is 51.4 Å². The number of hydroxylamine groups is 1. The van der Waals surface area contributed by atoms with Crippen LogP contribution in [0.5, 0.6) is 0 Å². The minimum absolute atomic E-state index is 0.00708. The van der Waals surface area contributed by atoms with E-state index in [-0.39, 0.29) is 5.82 Å². The lowest BCUT2D eigenvalue weighted by Gasteiger charge is -2.39. The van der Waals surface area contributed by atoms with Crippen molar-refractivity contribution >= 4 is 27.7 Å². The molecule has 0 bridgehead atoms. The van der Waals surface area contributed by atoms with Gasteiger partial charge < -0.3 is 15.3 Å². The number of hydrogen-bond donors (Lipinski definition) is 1. The van der Waals surface area contributed by atoms with E-state index in [1.165, 1.54) is 17.2 Å². The number of carbonyl (C=O) groups excluding carboxylic acids is 1. The Hall–Kier alpha value is -2.76. The Kier molecular flexibility index (Phi) is 6.17. The first kappa shape index (κ1) is 23.0. The molecule has 1 aliphatic heterocycles. The highest BCUT2D eigenvalue weighted by Gasteiger charge is 2.36. The molecule has 5 rings (SSSR count). The van der Waals surface area contributed by atoms with Crippen LogP contribution in [-0.2, 0) is 40.6 Å². The fourth-order valence-corrected chi connectivity index (χ4v) is 6.56. The smallest absolute Gasteiger partial charge is 0.326 e. The molecule has 1 N–H and O–H groups in total. The topological polar surface area (TPSA) is 128 Å². The molecule has 10 nitrogen and oxygen atoms in total. The Morgan fingerprint density at radius 2 is 1.71 bits per heavy atom. The number of nitrogens with zero attached hydrogens (tertiary/aromatic N) is 4. The monoisotopic (exact) mass is 486 g/mol. The van der Waals surface area contributed by atoms with Crippen LogP contribution >= 0.6 is 0 Å². The van der Waals surface area contributed by atoms with Crippen LogP contribution in [0, 0.1) is 12.1 Å². The van der Waals surface area contributed by atoms with Crippen molar-refractivity contribution in [1.82, 2.24) is 14.7 Å². The van der Waals surface area contributed by atoms with Crippen molar-refractivity contribution in [2.24, 2.45) is 0 Å². The van der Waals surface area contributed by atoms with Crippen LogP contribution in [0.25, 0.3) is 0 Å². The van der Waals surface area contributed by atoms with E-state index in [0.717, 1.165) is 54.0 Å². The predicted octanol–water partition coefficient (Wildman–Crippen LogP) is 3.02. The van der Waals surface area contributed by atoms with E-state index < -0.39 is 26.8 Å². The highest BCUT2D eigenvalue weighted by atomic mass is 32.2. The molecule has 11 heteroatoms. The molecular weight excluding hydrogens is 458 g/mol. The first-order chi connectivity index (χ1) is 16.4. The van der Waals surface area contributed by atoms with Crippen molar-refractivity contribution in [1.29, 1.82) is 0 Å². The van der Waals surface area contributed by atoms with Crippen molar-refractivity contribution in [2.75, 3.05) is 22.8 Å². The summed E-state index contributed by atoms with van der Waals surface area (Å²) in [5.41, 5.74) is 5.62. The van der Waals surface area contributed by atoms with E-state index in [1.807, 2.05) is 0 Å². The van der Waals surface area contributed by atoms with Gasteiger partial charge in [0.2, 0.25) is 0 Å². The van der Waals surface area contributed by atoms with Gasteiger partial charge in [0.15, 0.2) is 5.82 Å². The second kappa shape index (κ2) is 9.12. The van der Waals surface area contributed by atoms with Gasteiger partial charge in [-0.15, -0.1) is 5.10 Å². The molecule has 2 aliphatic carbocycles. The molecule has 2 amide bonds. The second-order valence-electron chi connectivity index (χ2n) is 9.07. The molecule has 0 atom stereocenters. The third kappa shape index (κ3) is 4.12. The number of carbonyl (C=O) groups is 1. The maximum atomic E-state index is 13.5. The normalized spacial score (nSPS) is 17.8. The maximum absolute atomic E-state index is 13.5. The van der Waals surface area contributed by atoms with Crippen molar-refractivity contribution in [2.45, 2.75) is 64.3 Å². The highest BCUT2D eigenvalue weighted by molar-refractivity contribution is 7.91. The van der Waals surface area contributed by atoms with E-state index in [2.05, 4.69) is 21.6 Å². The molecule has 2 aromatic rings. The van der Waals surface area contributed by atoms with Gasteiger partial charge in [-0.1, -0.05) is 6.07 Å². The molecule has 0 radical (unpaired) electrons. The highest BCUT2D eigenvalue weighted by Crippen LogP contribution is 2.39. The fraction of sp³-hybridized carbons (Fsp3) is 0.522. The molecule has 34 heavy (non-hydrogen) atoms. The number of benzene rings is 1. The fourth-order valence-electron chi connectivity index (χ4n) is 5.23. The third-order valence-electron chi connectivity index (χ3n) is 6.86. The zero-order valence-electron chi connectivity index (χ0n) is 19.1. The number of anilines is 2. The molecule has 0 spiro atoms. The number of fused-ring (bicyclic) bond motifs is 2. The first-order valence-corrected chi connectivity index (χ1v) is 13.1. The van der Waals surface area contributed by atoms with E-state index in [1.54, 1.807) is 13.0 Å².